The highest BCUT2D eigenvalue weighted by molar-refractivity contribution is 7.90. The lowest BCUT2D eigenvalue weighted by Crippen LogP contribution is -2.47. The van der Waals surface area contributed by atoms with E-state index in [4.69, 9.17) is 21.1 Å². The third kappa shape index (κ3) is 10.3. The number of likely N-dealkylation sites (tertiary alicyclic amines) is 1. The lowest BCUT2D eigenvalue weighted by molar-refractivity contribution is -0.384. The van der Waals surface area contributed by atoms with Crippen molar-refractivity contribution in [1.29, 1.82) is 0 Å². The molecule has 352 valence electrons. The molecule has 3 aromatic carbocycles. The first-order chi connectivity index (χ1) is 32.1. The maximum Gasteiger partial charge on any atom is 0.407 e. The number of H-pyrrole nitrogens is 1. The number of halogens is 1. The summed E-state index contributed by atoms with van der Waals surface area (Å²) in [5.41, 5.74) is 5.13. The van der Waals surface area contributed by atoms with Crippen LogP contribution in [0.25, 0.3) is 16.6 Å². The minimum atomic E-state index is -4.70. The first-order valence-corrected chi connectivity index (χ1v) is 24.4. The highest BCUT2D eigenvalue weighted by Gasteiger charge is 2.35. The number of nitro benzene ring substituents is 1. The molecule has 19 heteroatoms. The maximum absolute atomic E-state index is 14.1. The second-order valence-corrected chi connectivity index (χ2v) is 20.8. The number of amides is 2. The van der Waals surface area contributed by atoms with Crippen molar-refractivity contribution in [2.24, 2.45) is 11.3 Å². The topological polar surface area (TPSA) is 213 Å². The molecule has 1 atom stereocenters. The quantitative estimate of drug-likeness (QED) is 0.0681. The van der Waals surface area contributed by atoms with E-state index >= 15 is 0 Å². The predicted octanol–water partition coefficient (Wildman–Crippen LogP) is 8.77. The molecule has 9 rings (SSSR count). The van der Waals surface area contributed by atoms with Crippen LogP contribution < -0.4 is 24.4 Å². The van der Waals surface area contributed by atoms with E-state index in [0.717, 1.165) is 67.1 Å². The van der Waals surface area contributed by atoms with Gasteiger partial charge in [0.05, 0.1) is 27.6 Å². The van der Waals surface area contributed by atoms with Crippen LogP contribution in [0, 0.1) is 21.4 Å². The Hall–Kier alpha value is -6.37. The number of fused-ring (bicyclic) bond motifs is 2. The molecule has 4 N–H and O–H groups in total. The van der Waals surface area contributed by atoms with Crippen molar-refractivity contribution in [3.8, 4) is 17.2 Å². The van der Waals surface area contributed by atoms with Gasteiger partial charge < -0.3 is 34.7 Å². The zero-order chi connectivity index (χ0) is 47.0. The summed E-state index contributed by atoms with van der Waals surface area (Å²) < 4.78 is 42.3. The molecule has 5 aromatic rings. The number of hydrogen-bond donors (Lipinski definition) is 4. The van der Waals surface area contributed by atoms with E-state index in [0.29, 0.717) is 56.8 Å². The van der Waals surface area contributed by atoms with Gasteiger partial charge in [0.1, 0.15) is 23.8 Å². The number of sulfonamides is 1. The van der Waals surface area contributed by atoms with E-state index in [1.54, 1.807) is 24.4 Å². The van der Waals surface area contributed by atoms with Gasteiger partial charge in [-0.2, -0.15) is 0 Å². The van der Waals surface area contributed by atoms with E-state index in [2.05, 4.69) is 55.8 Å². The van der Waals surface area contributed by atoms with Gasteiger partial charge >= 0.3 is 6.09 Å². The average Bonchev–Trinajstić information content (AvgIpc) is 3.78. The zero-order valence-corrected chi connectivity index (χ0v) is 38.9. The number of hydrogen-bond acceptors (Lipinski definition) is 12. The van der Waals surface area contributed by atoms with Crippen LogP contribution in [0.4, 0.5) is 21.9 Å². The number of piperidine rings is 1. The second kappa shape index (κ2) is 18.7. The number of allylic oxidation sites excluding steroid dienone is 1. The Morgan fingerprint density at radius 1 is 1.03 bits per heavy atom. The summed E-state index contributed by atoms with van der Waals surface area (Å²) in [7, 11) is -4.70. The monoisotopic (exact) mass is 952 g/mol. The number of aromatic nitrogens is 2. The fourth-order valence-corrected chi connectivity index (χ4v) is 10.8. The predicted molar refractivity (Wildman–Crippen MR) is 255 cm³/mol. The van der Waals surface area contributed by atoms with Gasteiger partial charge in [-0.25, -0.2) is 22.9 Å². The van der Waals surface area contributed by atoms with Gasteiger partial charge in [0.25, 0.3) is 21.6 Å². The zero-order valence-electron chi connectivity index (χ0n) is 37.3. The first-order valence-electron chi connectivity index (χ1n) is 22.5. The van der Waals surface area contributed by atoms with E-state index < -0.39 is 37.5 Å². The van der Waals surface area contributed by atoms with E-state index in [-0.39, 0.29) is 46.7 Å². The summed E-state index contributed by atoms with van der Waals surface area (Å²) in [5, 5.41) is 26.3. The fourth-order valence-electron chi connectivity index (χ4n) is 9.68. The van der Waals surface area contributed by atoms with Crippen molar-refractivity contribution in [2.45, 2.75) is 63.3 Å². The van der Waals surface area contributed by atoms with Crippen LogP contribution in [0.3, 0.4) is 0 Å². The molecule has 5 heterocycles. The molecule has 0 saturated carbocycles. The highest BCUT2D eigenvalue weighted by atomic mass is 35.5. The van der Waals surface area contributed by atoms with E-state index in [1.165, 1.54) is 33.9 Å². The Balaban J connectivity index is 0.922. The van der Waals surface area contributed by atoms with Gasteiger partial charge in [0, 0.05) is 86.3 Å². The lowest BCUT2D eigenvalue weighted by atomic mass is 9.72. The molecule has 2 saturated heterocycles. The third-order valence-corrected chi connectivity index (χ3v) is 15.0. The minimum Gasteiger partial charge on any atom is -0.489 e. The summed E-state index contributed by atoms with van der Waals surface area (Å²) >= 11 is 6.25. The Kier molecular flexibility index (Phi) is 12.8. The number of carbonyl (C=O) groups excluding carboxylic acids is 1. The number of piperazine rings is 1. The van der Waals surface area contributed by atoms with Crippen LogP contribution in [0.5, 0.6) is 17.2 Å². The van der Waals surface area contributed by atoms with Crippen LogP contribution in [0.15, 0.2) is 89.6 Å². The van der Waals surface area contributed by atoms with E-state index in [9.17, 15) is 33.2 Å². The molecule has 2 fully saturated rings. The molecule has 1 aliphatic carbocycles. The molecule has 3 aliphatic heterocycles. The molecule has 2 amide bonds. The Morgan fingerprint density at radius 3 is 2.52 bits per heavy atom. The van der Waals surface area contributed by atoms with Gasteiger partial charge in [-0.1, -0.05) is 43.2 Å². The van der Waals surface area contributed by atoms with Crippen molar-refractivity contribution in [3.63, 3.8) is 0 Å². The molecular weight excluding hydrogens is 900 g/mol. The Bertz CT molecular complexity index is 2850. The molecule has 17 nitrogen and oxygen atoms in total. The van der Waals surface area contributed by atoms with Gasteiger partial charge in [0.15, 0.2) is 11.4 Å². The number of pyridine rings is 1. The number of ether oxygens (including phenoxy) is 2. The fraction of sp³-hybridized carbons (Fsp3) is 0.396. The summed E-state index contributed by atoms with van der Waals surface area (Å²) in [5.74, 6) is -0.454. The molecule has 0 unspecified atom stereocenters. The van der Waals surface area contributed by atoms with Crippen molar-refractivity contribution >= 4 is 67.3 Å². The number of rotatable bonds is 12. The maximum atomic E-state index is 14.1. The number of aromatic amines is 1. The number of nitro groups is 1. The summed E-state index contributed by atoms with van der Waals surface area (Å²) in [4.78, 5) is 50.1. The van der Waals surface area contributed by atoms with Gasteiger partial charge in [0.2, 0.25) is 0 Å². The average molecular weight is 954 g/mol. The van der Waals surface area contributed by atoms with Gasteiger partial charge in [-0.15, -0.1) is 0 Å². The van der Waals surface area contributed by atoms with Crippen molar-refractivity contribution in [1.82, 2.24) is 24.5 Å². The number of nitrogens with zero attached hydrogens (tertiary/aromatic N) is 5. The number of anilines is 2. The van der Waals surface area contributed by atoms with Crippen LogP contribution in [-0.4, -0.2) is 109 Å². The summed E-state index contributed by atoms with van der Waals surface area (Å²) in [6.45, 7) is 9.42. The largest absolute Gasteiger partial charge is 0.489 e. The molecule has 0 radical (unpaired) electrons. The molecular formula is C48H53ClN8O9S. The van der Waals surface area contributed by atoms with Crippen LogP contribution in [0.2, 0.25) is 5.02 Å². The second-order valence-electron chi connectivity index (χ2n) is 18.7. The van der Waals surface area contributed by atoms with Crippen molar-refractivity contribution in [3.05, 3.63) is 111 Å². The van der Waals surface area contributed by atoms with Gasteiger partial charge in [-0.05, 0) is 97.4 Å². The number of carboxylic acid groups (broad SMARTS) is 1. The molecule has 2 aromatic heterocycles. The van der Waals surface area contributed by atoms with Crippen LogP contribution in [0.1, 0.15) is 68.3 Å². The van der Waals surface area contributed by atoms with Crippen molar-refractivity contribution < 1.29 is 37.5 Å². The SMILES string of the molecule is CC1(C)CCC(CN2CCN(c3ccc(C(=O)NS(=O)(=O)c4cc5c(c([N+](=O)[O-])c4)N[C@H](CC4CCN(C(=O)O)CC4)CO5)c(Oc4cnc5[nH]ccc5c4)c3)CC2)=C(c2ccc(Cl)cc2)C1. The smallest absolute Gasteiger partial charge is 0.407 e. The summed E-state index contributed by atoms with van der Waals surface area (Å²) in [6.07, 6.45) is 7.32. The lowest BCUT2D eigenvalue weighted by Gasteiger charge is -2.39. The molecule has 67 heavy (non-hydrogen) atoms. The Labute approximate surface area is 393 Å². The first kappa shape index (κ1) is 45.8. The third-order valence-electron chi connectivity index (χ3n) is 13.4. The molecule has 4 aliphatic rings. The number of carbonyl (C=O) groups is 2. The molecule has 0 spiro atoms. The molecule has 0 bridgehead atoms. The van der Waals surface area contributed by atoms with Crippen LogP contribution in [-0.2, 0) is 10.0 Å². The van der Waals surface area contributed by atoms with Gasteiger partial charge in [-0.3, -0.25) is 19.8 Å². The number of nitrogens with one attached hydrogen (secondary N) is 3. The summed E-state index contributed by atoms with van der Waals surface area (Å²) in [6, 6.07) is 18.5. The minimum absolute atomic E-state index is 0.0346. The standard InChI is InChI=1S/C48H53ClN8O9S/c1-48(2)13-9-33(40(26-48)31-3-5-34(49)6-4-31)28-54-17-19-55(20-18-54)36-7-8-39(42(23-36)66-37-22-32-10-14-50-45(32)51-27-37)46(58)53-67(63,64)38-24-41(57(61)62)44-43(25-38)65-29-35(52-44)21-30-11-15-56(16-12-30)47(59)60/h3-8,10,14,22-25,27,30,35,52H,9,11-13,15-21,26,28-29H2,1-2H3,(H,50,51)(H,53,58)(H,59,60)/t35-/m1/s1. The van der Waals surface area contributed by atoms with Crippen LogP contribution >= 0.6 is 11.6 Å². The van der Waals surface area contributed by atoms with Crippen molar-refractivity contribution in [2.75, 3.05) is 62.6 Å². The highest BCUT2D eigenvalue weighted by Crippen LogP contribution is 2.44. The Morgan fingerprint density at radius 2 is 1.79 bits per heavy atom. The van der Waals surface area contributed by atoms with E-state index in [1.807, 2.05) is 18.2 Å². The normalized spacial score (nSPS) is 19.1. The number of benzene rings is 3.